The van der Waals surface area contributed by atoms with Crippen LogP contribution in [0.3, 0.4) is 0 Å². The van der Waals surface area contributed by atoms with E-state index in [4.69, 9.17) is 4.98 Å². The highest BCUT2D eigenvalue weighted by molar-refractivity contribution is 5.21. The van der Waals surface area contributed by atoms with Gasteiger partial charge in [-0.05, 0) is 25.7 Å². The monoisotopic (exact) mass is 233 g/mol. The number of imidazole rings is 1. The fraction of sp³-hybridized carbons (Fsp3) is 0.786. The van der Waals surface area contributed by atoms with Crippen molar-refractivity contribution in [2.24, 2.45) is 5.92 Å². The van der Waals surface area contributed by atoms with Crippen LogP contribution in [0.25, 0.3) is 0 Å². The molecule has 3 nitrogen and oxygen atoms in total. The van der Waals surface area contributed by atoms with E-state index in [0.717, 1.165) is 25.4 Å². The Morgan fingerprint density at radius 3 is 3.00 bits per heavy atom. The van der Waals surface area contributed by atoms with Gasteiger partial charge in [-0.15, -0.1) is 0 Å². The summed E-state index contributed by atoms with van der Waals surface area (Å²) >= 11 is 0. The van der Waals surface area contributed by atoms with Crippen molar-refractivity contribution in [3.8, 4) is 0 Å². The van der Waals surface area contributed by atoms with Crippen LogP contribution in [0.1, 0.15) is 55.9 Å². The summed E-state index contributed by atoms with van der Waals surface area (Å²) in [6.45, 7) is 6.56. The van der Waals surface area contributed by atoms with Crippen LogP contribution in [0, 0.1) is 12.8 Å². The van der Waals surface area contributed by atoms with Crippen LogP contribution in [-0.4, -0.2) is 16.1 Å². The van der Waals surface area contributed by atoms with Gasteiger partial charge < -0.3 is 9.88 Å². The van der Waals surface area contributed by atoms with E-state index < -0.39 is 0 Å². The summed E-state index contributed by atoms with van der Waals surface area (Å²) in [6, 6.07) is 0.692. The standard InChI is InChI=1S/C14H23N3/c1-3-12(8-11-4-5-11)17-10(2)16-13-9-15-7-6-14(13)17/h11-12,15H,3-9H2,1-2H3. The lowest BCUT2D eigenvalue weighted by atomic mass is 10.1. The van der Waals surface area contributed by atoms with Gasteiger partial charge in [0.25, 0.3) is 0 Å². The molecular formula is C14H23N3. The molecule has 0 amide bonds. The number of aryl methyl sites for hydroxylation is 1. The highest BCUT2D eigenvalue weighted by atomic mass is 15.1. The van der Waals surface area contributed by atoms with Crippen molar-refractivity contribution in [3.05, 3.63) is 17.2 Å². The van der Waals surface area contributed by atoms with Crippen LogP contribution in [0.2, 0.25) is 0 Å². The van der Waals surface area contributed by atoms with E-state index in [2.05, 4.69) is 23.7 Å². The Kier molecular flexibility index (Phi) is 2.95. The Morgan fingerprint density at radius 1 is 1.47 bits per heavy atom. The lowest BCUT2D eigenvalue weighted by Crippen LogP contribution is -2.26. The molecule has 1 aromatic rings. The molecule has 94 valence electrons. The van der Waals surface area contributed by atoms with Gasteiger partial charge in [0.2, 0.25) is 0 Å². The first-order valence-electron chi connectivity index (χ1n) is 7.07. The van der Waals surface area contributed by atoms with E-state index in [1.165, 1.54) is 42.9 Å². The fourth-order valence-corrected chi connectivity index (χ4v) is 3.15. The van der Waals surface area contributed by atoms with Gasteiger partial charge in [-0.1, -0.05) is 19.8 Å². The molecule has 0 saturated heterocycles. The average molecular weight is 233 g/mol. The van der Waals surface area contributed by atoms with Crippen LogP contribution in [0.15, 0.2) is 0 Å². The number of hydrogen-bond acceptors (Lipinski definition) is 2. The molecule has 0 radical (unpaired) electrons. The second-order valence-electron chi connectivity index (χ2n) is 5.59. The molecular weight excluding hydrogens is 210 g/mol. The Hall–Kier alpha value is -0.830. The van der Waals surface area contributed by atoms with Crippen LogP contribution in [0.4, 0.5) is 0 Å². The Labute approximate surface area is 104 Å². The van der Waals surface area contributed by atoms with E-state index in [0.29, 0.717) is 6.04 Å². The molecule has 0 bridgehead atoms. The highest BCUT2D eigenvalue weighted by Crippen LogP contribution is 2.39. The topological polar surface area (TPSA) is 29.9 Å². The van der Waals surface area contributed by atoms with Gasteiger partial charge in [0.15, 0.2) is 0 Å². The molecule has 2 aliphatic rings. The number of fused-ring (bicyclic) bond motifs is 1. The molecule has 0 aromatic carbocycles. The predicted molar refractivity (Wildman–Crippen MR) is 69.0 cm³/mol. The molecule has 3 rings (SSSR count). The van der Waals surface area contributed by atoms with Gasteiger partial charge in [-0.3, -0.25) is 0 Å². The van der Waals surface area contributed by atoms with Crippen LogP contribution < -0.4 is 5.32 Å². The van der Waals surface area contributed by atoms with Crippen LogP contribution >= 0.6 is 0 Å². The zero-order chi connectivity index (χ0) is 11.8. The molecule has 0 spiro atoms. The molecule has 1 aliphatic carbocycles. The zero-order valence-electron chi connectivity index (χ0n) is 11.0. The number of aromatic nitrogens is 2. The van der Waals surface area contributed by atoms with Crippen molar-refractivity contribution in [2.75, 3.05) is 6.54 Å². The normalized spacial score (nSPS) is 21.3. The third-order valence-corrected chi connectivity index (χ3v) is 4.24. The summed E-state index contributed by atoms with van der Waals surface area (Å²) in [5, 5.41) is 3.42. The van der Waals surface area contributed by atoms with Crippen molar-refractivity contribution in [1.29, 1.82) is 0 Å². The molecule has 1 aliphatic heterocycles. The molecule has 1 aromatic heterocycles. The minimum absolute atomic E-state index is 0.692. The third-order valence-electron chi connectivity index (χ3n) is 4.24. The lowest BCUT2D eigenvalue weighted by Gasteiger charge is -2.23. The van der Waals surface area contributed by atoms with Crippen molar-refractivity contribution in [2.45, 2.75) is 58.5 Å². The second kappa shape index (κ2) is 4.45. The first kappa shape index (κ1) is 11.3. The molecule has 2 heterocycles. The molecule has 1 N–H and O–H groups in total. The van der Waals surface area contributed by atoms with Crippen LogP contribution in [0.5, 0.6) is 0 Å². The van der Waals surface area contributed by atoms with Crippen LogP contribution in [-0.2, 0) is 13.0 Å². The van der Waals surface area contributed by atoms with Crippen molar-refractivity contribution in [3.63, 3.8) is 0 Å². The maximum atomic E-state index is 4.75. The quantitative estimate of drug-likeness (QED) is 0.866. The Bertz CT molecular complexity index is 404. The van der Waals surface area contributed by atoms with Gasteiger partial charge in [0.1, 0.15) is 5.82 Å². The van der Waals surface area contributed by atoms with Gasteiger partial charge in [-0.2, -0.15) is 0 Å². The molecule has 1 fully saturated rings. The van der Waals surface area contributed by atoms with Crippen molar-refractivity contribution < 1.29 is 0 Å². The number of nitrogens with one attached hydrogen (secondary N) is 1. The predicted octanol–water partition coefficient (Wildman–Crippen LogP) is 2.59. The smallest absolute Gasteiger partial charge is 0.106 e. The Morgan fingerprint density at radius 2 is 2.29 bits per heavy atom. The summed E-state index contributed by atoms with van der Waals surface area (Å²) < 4.78 is 2.55. The highest BCUT2D eigenvalue weighted by Gasteiger charge is 2.28. The van der Waals surface area contributed by atoms with E-state index >= 15 is 0 Å². The summed E-state index contributed by atoms with van der Waals surface area (Å²) in [5.74, 6) is 2.23. The number of hydrogen-bond donors (Lipinski definition) is 1. The summed E-state index contributed by atoms with van der Waals surface area (Å²) in [4.78, 5) is 4.75. The van der Waals surface area contributed by atoms with Gasteiger partial charge in [-0.25, -0.2) is 4.98 Å². The first-order valence-corrected chi connectivity index (χ1v) is 7.07. The van der Waals surface area contributed by atoms with Gasteiger partial charge >= 0.3 is 0 Å². The maximum absolute atomic E-state index is 4.75. The lowest BCUT2D eigenvalue weighted by molar-refractivity contribution is 0.406. The molecule has 1 unspecified atom stereocenters. The number of rotatable bonds is 4. The maximum Gasteiger partial charge on any atom is 0.106 e. The van der Waals surface area contributed by atoms with Gasteiger partial charge in [0.05, 0.1) is 5.69 Å². The summed E-state index contributed by atoms with van der Waals surface area (Å²) in [6.07, 6.45) is 6.67. The summed E-state index contributed by atoms with van der Waals surface area (Å²) in [5.41, 5.74) is 2.80. The second-order valence-corrected chi connectivity index (χ2v) is 5.59. The molecule has 1 atom stereocenters. The third kappa shape index (κ3) is 2.13. The Balaban J connectivity index is 1.90. The van der Waals surface area contributed by atoms with E-state index in [-0.39, 0.29) is 0 Å². The van der Waals surface area contributed by atoms with Gasteiger partial charge in [0, 0.05) is 31.2 Å². The SMILES string of the molecule is CCC(CC1CC1)n1c(C)nc2c1CCNC2. The molecule has 1 saturated carbocycles. The van der Waals surface area contributed by atoms with Crippen molar-refractivity contribution >= 4 is 0 Å². The first-order chi connectivity index (χ1) is 8.29. The zero-order valence-corrected chi connectivity index (χ0v) is 11.0. The fourth-order valence-electron chi connectivity index (χ4n) is 3.15. The molecule has 17 heavy (non-hydrogen) atoms. The number of nitrogens with zero attached hydrogens (tertiary/aromatic N) is 2. The largest absolute Gasteiger partial charge is 0.329 e. The van der Waals surface area contributed by atoms with E-state index in [1.54, 1.807) is 0 Å². The van der Waals surface area contributed by atoms with E-state index in [9.17, 15) is 0 Å². The average Bonchev–Trinajstić information content (AvgIpc) is 3.08. The van der Waals surface area contributed by atoms with Crippen molar-refractivity contribution in [1.82, 2.24) is 14.9 Å². The van der Waals surface area contributed by atoms with E-state index in [1.807, 2.05) is 0 Å². The summed E-state index contributed by atoms with van der Waals surface area (Å²) in [7, 11) is 0. The molecule has 3 heteroatoms. The minimum Gasteiger partial charge on any atom is -0.329 e. The minimum atomic E-state index is 0.692.